The largest absolute Gasteiger partial charge is 0.481 e. The molecule has 6 nitrogen and oxygen atoms in total. The molecule has 0 aromatic carbocycles. The summed E-state index contributed by atoms with van der Waals surface area (Å²) in [5.74, 6) is -1.66. The van der Waals surface area contributed by atoms with E-state index in [-0.39, 0.29) is 0 Å². The zero-order valence-corrected chi connectivity index (χ0v) is 8.36. The van der Waals surface area contributed by atoms with Crippen molar-refractivity contribution in [1.29, 1.82) is 0 Å². The monoisotopic (exact) mass is 203 g/mol. The zero-order chi connectivity index (χ0) is 11.5. The quantitative estimate of drug-likeness (QED) is 0.426. The summed E-state index contributed by atoms with van der Waals surface area (Å²) in [5.41, 5.74) is 15.6. The summed E-state index contributed by atoms with van der Waals surface area (Å²) in [7, 11) is 0. The number of carboxylic acids is 1. The maximum atomic E-state index is 11.4. The van der Waals surface area contributed by atoms with E-state index in [1.807, 2.05) is 0 Å². The lowest BCUT2D eigenvalue weighted by Gasteiger charge is -2.27. The lowest BCUT2D eigenvalue weighted by atomic mass is 9.89. The summed E-state index contributed by atoms with van der Waals surface area (Å²) in [5, 5.41) is 8.41. The molecule has 82 valence electrons. The van der Waals surface area contributed by atoms with Crippen molar-refractivity contribution < 1.29 is 14.7 Å². The molecule has 0 rings (SSSR count). The van der Waals surface area contributed by atoms with Gasteiger partial charge < -0.3 is 22.3 Å². The first-order chi connectivity index (χ1) is 6.16. The normalized spacial score (nSPS) is 16.1. The van der Waals surface area contributed by atoms with Gasteiger partial charge in [-0.1, -0.05) is 0 Å². The maximum Gasteiger partial charge on any atom is 0.305 e. The van der Waals surface area contributed by atoms with Gasteiger partial charge in [-0.2, -0.15) is 0 Å². The minimum absolute atomic E-state index is 0.428. The summed E-state index contributed by atoms with van der Waals surface area (Å²) in [6, 6.07) is -2.04. The van der Waals surface area contributed by atoms with Crippen LogP contribution < -0.4 is 17.2 Å². The predicted molar refractivity (Wildman–Crippen MR) is 51.5 cm³/mol. The molecule has 0 heterocycles. The van der Waals surface area contributed by atoms with Crippen LogP contribution in [0.1, 0.15) is 20.3 Å². The number of Topliss-reactive ketones (excluding diaryl/α,β-unsaturated/α-hetero) is 1. The Bertz CT molecular complexity index is 234. The van der Waals surface area contributed by atoms with Crippen LogP contribution in [0.25, 0.3) is 0 Å². The Kier molecular flexibility index (Phi) is 4.18. The van der Waals surface area contributed by atoms with Gasteiger partial charge in [0.15, 0.2) is 5.78 Å². The third-order valence-corrected chi connectivity index (χ3v) is 1.87. The number of nitrogens with two attached hydrogens (primary N) is 3. The molecule has 2 unspecified atom stereocenters. The summed E-state index contributed by atoms with van der Waals surface area (Å²) < 4.78 is 0. The molecular weight excluding hydrogens is 186 g/mol. The maximum absolute atomic E-state index is 11.4. The number of rotatable bonds is 5. The second-order valence-electron chi connectivity index (χ2n) is 3.91. The van der Waals surface area contributed by atoms with Crippen LogP contribution in [0, 0.1) is 0 Å². The van der Waals surface area contributed by atoms with Gasteiger partial charge in [0, 0.05) is 5.54 Å². The highest BCUT2D eigenvalue weighted by Gasteiger charge is 2.32. The van der Waals surface area contributed by atoms with Crippen LogP contribution in [0.5, 0.6) is 0 Å². The molecule has 0 bridgehead atoms. The molecule has 0 radical (unpaired) electrons. The first-order valence-electron chi connectivity index (χ1n) is 4.22. The lowest BCUT2D eigenvalue weighted by Crippen LogP contribution is -2.59. The topological polar surface area (TPSA) is 132 Å². The molecular formula is C8H17N3O3. The molecule has 6 heteroatoms. The van der Waals surface area contributed by atoms with Crippen molar-refractivity contribution in [3.8, 4) is 0 Å². The van der Waals surface area contributed by atoms with Gasteiger partial charge in [0.1, 0.15) is 0 Å². The van der Waals surface area contributed by atoms with Crippen molar-refractivity contribution in [1.82, 2.24) is 0 Å². The molecule has 7 N–H and O–H groups in total. The van der Waals surface area contributed by atoms with E-state index in [2.05, 4.69) is 0 Å². The average molecular weight is 203 g/mol. The zero-order valence-electron chi connectivity index (χ0n) is 8.36. The van der Waals surface area contributed by atoms with Crippen molar-refractivity contribution in [2.45, 2.75) is 37.9 Å². The van der Waals surface area contributed by atoms with Crippen LogP contribution in [0.3, 0.4) is 0 Å². The van der Waals surface area contributed by atoms with Crippen molar-refractivity contribution in [3.63, 3.8) is 0 Å². The third-order valence-electron chi connectivity index (χ3n) is 1.87. The van der Waals surface area contributed by atoms with Gasteiger partial charge >= 0.3 is 5.97 Å². The van der Waals surface area contributed by atoms with Crippen LogP contribution in [0.4, 0.5) is 0 Å². The number of hydrogen-bond acceptors (Lipinski definition) is 5. The van der Waals surface area contributed by atoms with E-state index in [0.717, 1.165) is 0 Å². The first-order valence-corrected chi connectivity index (χ1v) is 4.22. The van der Waals surface area contributed by atoms with Gasteiger partial charge in [-0.05, 0) is 13.8 Å². The molecule has 0 amide bonds. The van der Waals surface area contributed by atoms with Crippen LogP contribution in [0.2, 0.25) is 0 Å². The number of carboxylic acid groups (broad SMARTS) is 1. The fraction of sp³-hybridized carbons (Fsp3) is 0.750. The van der Waals surface area contributed by atoms with E-state index in [1.165, 1.54) is 0 Å². The van der Waals surface area contributed by atoms with E-state index in [4.69, 9.17) is 22.3 Å². The summed E-state index contributed by atoms with van der Waals surface area (Å²) in [6.45, 7) is 3.17. The Morgan fingerprint density at radius 2 is 1.79 bits per heavy atom. The molecule has 0 fully saturated rings. The Hall–Kier alpha value is -0.980. The fourth-order valence-corrected chi connectivity index (χ4v) is 0.886. The number of aliphatic carboxylic acids is 1. The SMILES string of the molecule is CC(C)(N)C(N)C(=O)C(N)CC(=O)O. The van der Waals surface area contributed by atoms with Gasteiger partial charge in [0.2, 0.25) is 0 Å². The second kappa shape index (κ2) is 4.50. The molecule has 0 aromatic heterocycles. The minimum atomic E-state index is -1.13. The lowest BCUT2D eigenvalue weighted by molar-refractivity contribution is -0.139. The molecule has 0 aliphatic heterocycles. The number of carbonyl (C=O) groups excluding carboxylic acids is 1. The summed E-state index contributed by atoms with van der Waals surface area (Å²) in [4.78, 5) is 21.7. The molecule has 0 aliphatic carbocycles. The van der Waals surface area contributed by atoms with Gasteiger partial charge in [-0.15, -0.1) is 0 Å². The summed E-state index contributed by atoms with van der Waals surface area (Å²) in [6.07, 6.45) is -0.428. The van der Waals surface area contributed by atoms with Crippen LogP contribution in [-0.4, -0.2) is 34.5 Å². The Morgan fingerprint density at radius 3 is 2.07 bits per heavy atom. The molecule has 0 saturated carbocycles. The number of carbonyl (C=O) groups is 2. The van der Waals surface area contributed by atoms with Crippen LogP contribution >= 0.6 is 0 Å². The van der Waals surface area contributed by atoms with E-state index in [9.17, 15) is 9.59 Å². The van der Waals surface area contributed by atoms with E-state index in [0.29, 0.717) is 0 Å². The van der Waals surface area contributed by atoms with Crippen LogP contribution in [-0.2, 0) is 9.59 Å². The summed E-state index contributed by atoms with van der Waals surface area (Å²) >= 11 is 0. The molecule has 0 aliphatic rings. The molecule has 14 heavy (non-hydrogen) atoms. The van der Waals surface area contributed by atoms with Gasteiger partial charge in [-0.3, -0.25) is 9.59 Å². The predicted octanol–water partition coefficient (Wildman–Crippen LogP) is -1.58. The fourth-order valence-electron chi connectivity index (χ4n) is 0.886. The van der Waals surface area contributed by atoms with Crippen molar-refractivity contribution >= 4 is 11.8 Å². The standard InChI is InChI=1S/C8H17N3O3/c1-8(2,11)7(10)6(14)4(9)3-5(12)13/h4,7H,3,9-11H2,1-2H3,(H,12,13). The van der Waals surface area contributed by atoms with Crippen molar-refractivity contribution in [2.24, 2.45) is 17.2 Å². The van der Waals surface area contributed by atoms with E-state index < -0.39 is 35.8 Å². The van der Waals surface area contributed by atoms with Crippen molar-refractivity contribution in [3.05, 3.63) is 0 Å². The van der Waals surface area contributed by atoms with Gasteiger partial charge in [-0.25, -0.2) is 0 Å². The Morgan fingerprint density at radius 1 is 1.36 bits per heavy atom. The second-order valence-corrected chi connectivity index (χ2v) is 3.91. The molecule has 0 saturated heterocycles. The highest BCUT2D eigenvalue weighted by Crippen LogP contribution is 2.06. The molecule has 2 atom stereocenters. The Labute approximate surface area is 82.4 Å². The van der Waals surface area contributed by atoms with Gasteiger partial charge in [0.25, 0.3) is 0 Å². The molecule has 0 spiro atoms. The van der Waals surface area contributed by atoms with Crippen molar-refractivity contribution in [2.75, 3.05) is 0 Å². The smallest absolute Gasteiger partial charge is 0.305 e. The Balaban J connectivity index is 4.40. The number of ketones is 1. The first kappa shape index (κ1) is 13.0. The average Bonchev–Trinajstić information content (AvgIpc) is 1.98. The van der Waals surface area contributed by atoms with E-state index in [1.54, 1.807) is 13.8 Å². The van der Waals surface area contributed by atoms with Gasteiger partial charge in [0.05, 0.1) is 18.5 Å². The highest BCUT2D eigenvalue weighted by atomic mass is 16.4. The third kappa shape index (κ3) is 3.82. The van der Waals surface area contributed by atoms with Crippen LogP contribution in [0.15, 0.2) is 0 Å². The minimum Gasteiger partial charge on any atom is -0.481 e. The van der Waals surface area contributed by atoms with E-state index >= 15 is 0 Å². The molecule has 0 aromatic rings. The number of hydrogen-bond donors (Lipinski definition) is 4. The highest BCUT2D eigenvalue weighted by molar-refractivity contribution is 5.92.